The summed E-state index contributed by atoms with van der Waals surface area (Å²) in [4.78, 5) is 9.55. The van der Waals surface area contributed by atoms with Gasteiger partial charge >= 0.3 is 0 Å². The Kier molecular flexibility index (Phi) is 8.27. The Bertz CT molecular complexity index is 1370. The maximum atomic E-state index is 6.66. The molecule has 0 amide bonds. The number of nitrogens with zero attached hydrogens (tertiary/aromatic N) is 2. The molecule has 7 heteroatoms. The largest absolute Gasteiger partial charge is 0.368 e. The van der Waals surface area contributed by atoms with Gasteiger partial charge < -0.3 is 23.7 Å². The summed E-state index contributed by atoms with van der Waals surface area (Å²) in [6.45, 7) is 2.75. The molecule has 0 spiro atoms. The third kappa shape index (κ3) is 5.99. The van der Waals surface area contributed by atoms with Gasteiger partial charge in [-0.25, -0.2) is 9.97 Å². The zero-order valence-corrected chi connectivity index (χ0v) is 22.8. The standard InChI is InChI=1S/C33H34N2O5/c1-22-34-26(19-28(35-22)24-14-8-4-9-15-24)18-27-30-29(21-38-32(40-30)25-16-10-5-11-17-25)39-33(36-2)31(27)37-20-23-12-6-3-7-13-23/h3-17,19,27,29-33H,18,20-21H2,1-2H3/t27-,29-,30+,31+,32?,33+/m1/s1. The van der Waals surface area contributed by atoms with Gasteiger partial charge in [-0.1, -0.05) is 91.0 Å². The molecule has 206 valence electrons. The van der Waals surface area contributed by atoms with Crippen molar-refractivity contribution in [1.82, 2.24) is 9.97 Å². The van der Waals surface area contributed by atoms with Crippen molar-refractivity contribution in [1.29, 1.82) is 0 Å². The van der Waals surface area contributed by atoms with E-state index in [1.165, 1.54) is 0 Å². The van der Waals surface area contributed by atoms with Crippen LogP contribution in [-0.4, -0.2) is 48.3 Å². The van der Waals surface area contributed by atoms with Gasteiger partial charge in [0.25, 0.3) is 0 Å². The lowest BCUT2D eigenvalue weighted by Crippen LogP contribution is -2.60. The van der Waals surface area contributed by atoms with E-state index in [9.17, 15) is 0 Å². The molecule has 2 saturated heterocycles. The first-order valence-corrected chi connectivity index (χ1v) is 13.7. The number of aryl methyl sites for hydroxylation is 1. The van der Waals surface area contributed by atoms with Crippen LogP contribution in [0.25, 0.3) is 11.3 Å². The lowest BCUT2D eigenvalue weighted by atomic mass is 9.84. The van der Waals surface area contributed by atoms with Crippen LogP contribution in [-0.2, 0) is 36.7 Å². The zero-order chi connectivity index (χ0) is 27.3. The quantitative estimate of drug-likeness (QED) is 0.286. The van der Waals surface area contributed by atoms with E-state index in [4.69, 9.17) is 33.7 Å². The van der Waals surface area contributed by atoms with Crippen molar-refractivity contribution < 1.29 is 23.7 Å². The molecule has 6 rings (SSSR count). The average Bonchev–Trinajstić information content (AvgIpc) is 3.01. The molecule has 2 aliphatic heterocycles. The number of fused-ring (bicyclic) bond motifs is 1. The van der Waals surface area contributed by atoms with Crippen LogP contribution in [0.2, 0.25) is 0 Å². The molecule has 0 N–H and O–H groups in total. The van der Waals surface area contributed by atoms with Crippen molar-refractivity contribution in [2.75, 3.05) is 13.7 Å². The van der Waals surface area contributed by atoms with Gasteiger partial charge in [0.2, 0.25) is 0 Å². The monoisotopic (exact) mass is 538 g/mol. The van der Waals surface area contributed by atoms with Crippen molar-refractivity contribution in [3.8, 4) is 11.3 Å². The normalized spacial score (nSPS) is 26.2. The molecule has 0 saturated carbocycles. The average molecular weight is 539 g/mol. The molecule has 3 aromatic carbocycles. The van der Waals surface area contributed by atoms with E-state index in [-0.39, 0.29) is 18.1 Å². The van der Waals surface area contributed by atoms with Crippen molar-refractivity contribution in [3.05, 3.63) is 120 Å². The Morgan fingerprint density at radius 1 is 0.850 bits per heavy atom. The second kappa shape index (κ2) is 12.4. The van der Waals surface area contributed by atoms with Crippen LogP contribution in [0.3, 0.4) is 0 Å². The van der Waals surface area contributed by atoms with Crippen molar-refractivity contribution in [2.24, 2.45) is 5.92 Å². The number of aromatic nitrogens is 2. The molecule has 4 aromatic rings. The number of rotatable bonds is 8. The van der Waals surface area contributed by atoms with Gasteiger partial charge in [0.15, 0.2) is 12.6 Å². The highest BCUT2D eigenvalue weighted by molar-refractivity contribution is 5.59. The second-order valence-corrected chi connectivity index (χ2v) is 10.2. The maximum Gasteiger partial charge on any atom is 0.184 e. The maximum absolute atomic E-state index is 6.66. The van der Waals surface area contributed by atoms with E-state index >= 15 is 0 Å². The molecule has 2 fully saturated rings. The van der Waals surface area contributed by atoms with Gasteiger partial charge in [0, 0.05) is 29.8 Å². The van der Waals surface area contributed by atoms with Gasteiger partial charge in [0.05, 0.1) is 25.0 Å². The minimum atomic E-state index is -0.577. The summed E-state index contributed by atoms with van der Waals surface area (Å²) < 4.78 is 31.6. The minimum absolute atomic E-state index is 0.111. The highest BCUT2D eigenvalue weighted by Gasteiger charge is 2.50. The van der Waals surface area contributed by atoms with Crippen LogP contribution in [0.4, 0.5) is 0 Å². The van der Waals surface area contributed by atoms with Crippen molar-refractivity contribution in [2.45, 2.75) is 50.8 Å². The number of ether oxygens (including phenoxy) is 5. The van der Waals surface area contributed by atoms with E-state index < -0.39 is 18.7 Å². The fraction of sp³-hybridized carbons (Fsp3) is 0.333. The van der Waals surface area contributed by atoms with E-state index in [1.54, 1.807) is 7.11 Å². The molecule has 7 nitrogen and oxygen atoms in total. The summed E-state index contributed by atoms with van der Waals surface area (Å²) in [6, 6.07) is 32.4. The molecule has 0 radical (unpaired) electrons. The van der Waals surface area contributed by atoms with Gasteiger partial charge in [-0.15, -0.1) is 0 Å². The number of hydrogen-bond donors (Lipinski definition) is 0. The van der Waals surface area contributed by atoms with Crippen LogP contribution in [0.5, 0.6) is 0 Å². The SMILES string of the molecule is CO[C@H]1O[C@@H]2COC(c3ccccc3)O[C@H]2[C@@H](Cc2cc(-c3ccccc3)nc(C)n2)[C@@H]1OCc1ccccc1. The first-order valence-electron chi connectivity index (χ1n) is 13.7. The third-order valence-electron chi connectivity index (χ3n) is 7.47. The van der Waals surface area contributed by atoms with Crippen molar-refractivity contribution >= 4 is 0 Å². The lowest BCUT2D eigenvalue weighted by molar-refractivity contribution is -0.355. The fourth-order valence-electron chi connectivity index (χ4n) is 5.59. The summed E-state index contributed by atoms with van der Waals surface area (Å²) >= 11 is 0. The number of benzene rings is 3. The summed E-state index contributed by atoms with van der Waals surface area (Å²) in [5.41, 5.74) is 4.92. The molecule has 3 heterocycles. The van der Waals surface area contributed by atoms with E-state index in [0.29, 0.717) is 19.6 Å². The zero-order valence-electron chi connectivity index (χ0n) is 22.8. The summed E-state index contributed by atoms with van der Waals surface area (Å²) in [5, 5.41) is 0. The van der Waals surface area contributed by atoms with E-state index in [1.807, 2.05) is 73.7 Å². The van der Waals surface area contributed by atoms with Crippen LogP contribution in [0.15, 0.2) is 97.1 Å². The van der Waals surface area contributed by atoms with E-state index in [0.717, 1.165) is 33.9 Å². The van der Waals surface area contributed by atoms with Gasteiger partial charge in [-0.05, 0) is 25.0 Å². The number of methoxy groups -OCH3 is 1. The fourth-order valence-corrected chi connectivity index (χ4v) is 5.59. The summed E-state index contributed by atoms with van der Waals surface area (Å²) in [6.07, 6.45) is -1.45. The summed E-state index contributed by atoms with van der Waals surface area (Å²) in [7, 11) is 1.65. The molecule has 1 unspecified atom stereocenters. The molecule has 0 aliphatic carbocycles. The predicted octanol–water partition coefficient (Wildman–Crippen LogP) is 5.68. The Morgan fingerprint density at radius 2 is 1.55 bits per heavy atom. The smallest absolute Gasteiger partial charge is 0.184 e. The second-order valence-electron chi connectivity index (χ2n) is 10.2. The molecule has 1 aromatic heterocycles. The first kappa shape index (κ1) is 26.7. The predicted molar refractivity (Wildman–Crippen MR) is 150 cm³/mol. The highest BCUT2D eigenvalue weighted by atomic mass is 16.7. The Morgan fingerprint density at radius 3 is 2.27 bits per heavy atom. The van der Waals surface area contributed by atoms with Crippen molar-refractivity contribution in [3.63, 3.8) is 0 Å². The van der Waals surface area contributed by atoms with Crippen LogP contribution < -0.4 is 0 Å². The Hall–Kier alpha value is -3.46. The van der Waals surface area contributed by atoms with E-state index in [2.05, 4.69) is 30.3 Å². The lowest BCUT2D eigenvalue weighted by Gasteiger charge is -2.49. The molecular formula is C33H34N2O5. The topological polar surface area (TPSA) is 71.9 Å². The molecule has 6 atom stereocenters. The third-order valence-corrected chi connectivity index (χ3v) is 7.47. The van der Waals surface area contributed by atoms with Gasteiger partial charge in [-0.2, -0.15) is 0 Å². The molecule has 2 aliphatic rings. The highest BCUT2D eigenvalue weighted by Crippen LogP contribution is 2.40. The van der Waals surface area contributed by atoms with Crippen LogP contribution in [0.1, 0.15) is 28.9 Å². The minimum Gasteiger partial charge on any atom is -0.368 e. The van der Waals surface area contributed by atoms with Gasteiger partial charge in [0.1, 0.15) is 18.0 Å². The Labute approximate surface area is 235 Å². The molecule has 0 bridgehead atoms. The first-order chi connectivity index (χ1) is 19.7. The molecular weight excluding hydrogens is 504 g/mol. The Balaban J connectivity index is 1.33. The number of hydrogen-bond acceptors (Lipinski definition) is 7. The van der Waals surface area contributed by atoms with Crippen LogP contribution >= 0.6 is 0 Å². The van der Waals surface area contributed by atoms with Crippen LogP contribution in [0, 0.1) is 12.8 Å². The summed E-state index contributed by atoms with van der Waals surface area (Å²) in [5.74, 6) is 0.612. The molecule has 40 heavy (non-hydrogen) atoms. The van der Waals surface area contributed by atoms with Gasteiger partial charge in [-0.3, -0.25) is 0 Å².